The van der Waals surface area contributed by atoms with Gasteiger partial charge in [-0.15, -0.1) is 0 Å². The number of benzene rings is 2. The molecule has 6 nitrogen and oxygen atoms in total. The van der Waals surface area contributed by atoms with Crippen molar-refractivity contribution in [2.75, 3.05) is 24.4 Å². The van der Waals surface area contributed by atoms with Crippen molar-refractivity contribution in [3.63, 3.8) is 0 Å². The predicted molar refractivity (Wildman–Crippen MR) is 107 cm³/mol. The van der Waals surface area contributed by atoms with Gasteiger partial charge in [-0.2, -0.15) is 0 Å². The van der Waals surface area contributed by atoms with E-state index in [9.17, 15) is 13.2 Å². The van der Waals surface area contributed by atoms with Gasteiger partial charge in [0.25, 0.3) is 15.9 Å². The van der Waals surface area contributed by atoms with Crippen LogP contribution in [0.15, 0.2) is 53.4 Å². The van der Waals surface area contributed by atoms with Crippen molar-refractivity contribution < 1.29 is 13.2 Å². The third kappa shape index (κ3) is 4.48. The zero-order valence-electron chi connectivity index (χ0n) is 15.6. The number of carbonyl (C=O) groups is 1. The standard InChI is InChI=1S/C20H25N3O3S/c1-15-8-10-18(11-9-15)23(2)27(25,26)19-7-3-5-16(13-19)20(24)22-17-6-4-12-21-14-17/h3,5,7-11,13,17,21H,4,6,12,14H2,1-2H3,(H,22,24)/t17-/m0/s1. The molecule has 0 bridgehead atoms. The first-order valence-electron chi connectivity index (χ1n) is 9.05. The average molecular weight is 388 g/mol. The zero-order chi connectivity index (χ0) is 19.4. The topological polar surface area (TPSA) is 78.5 Å². The summed E-state index contributed by atoms with van der Waals surface area (Å²) in [6, 6.07) is 13.5. The van der Waals surface area contributed by atoms with Crippen LogP contribution in [0, 0.1) is 6.92 Å². The quantitative estimate of drug-likeness (QED) is 0.825. The Kier molecular flexibility index (Phi) is 5.82. The molecule has 0 aromatic heterocycles. The Morgan fingerprint density at radius 2 is 1.93 bits per heavy atom. The number of aryl methyl sites for hydroxylation is 1. The fraction of sp³-hybridized carbons (Fsp3) is 0.350. The van der Waals surface area contributed by atoms with Gasteiger partial charge in [0.15, 0.2) is 0 Å². The van der Waals surface area contributed by atoms with Crippen molar-refractivity contribution in [2.24, 2.45) is 0 Å². The Bertz CT molecular complexity index is 904. The minimum absolute atomic E-state index is 0.0711. The molecule has 1 heterocycles. The fourth-order valence-corrected chi connectivity index (χ4v) is 4.34. The monoisotopic (exact) mass is 387 g/mol. The number of anilines is 1. The number of carbonyl (C=O) groups excluding carboxylic acids is 1. The third-order valence-corrected chi connectivity index (χ3v) is 6.57. The van der Waals surface area contributed by atoms with Gasteiger partial charge in [0, 0.05) is 25.2 Å². The van der Waals surface area contributed by atoms with Crippen LogP contribution < -0.4 is 14.9 Å². The van der Waals surface area contributed by atoms with Gasteiger partial charge in [0.05, 0.1) is 10.6 Å². The van der Waals surface area contributed by atoms with Gasteiger partial charge in [0.1, 0.15) is 0 Å². The molecule has 2 aromatic rings. The maximum atomic E-state index is 13.0. The maximum Gasteiger partial charge on any atom is 0.264 e. The van der Waals surface area contributed by atoms with Gasteiger partial charge in [-0.25, -0.2) is 8.42 Å². The molecule has 0 spiro atoms. The van der Waals surface area contributed by atoms with E-state index in [-0.39, 0.29) is 16.8 Å². The molecule has 7 heteroatoms. The lowest BCUT2D eigenvalue weighted by atomic mass is 10.1. The van der Waals surface area contributed by atoms with Gasteiger partial charge < -0.3 is 10.6 Å². The van der Waals surface area contributed by atoms with Crippen LogP contribution in [0.4, 0.5) is 5.69 Å². The minimum atomic E-state index is -3.75. The van der Waals surface area contributed by atoms with E-state index in [1.807, 2.05) is 19.1 Å². The van der Waals surface area contributed by atoms with Crippen LogP contribution >= 0.6 is 0 Å². The van der Waals surface area contributed by atoms with E-state index in [1.165, 1.54) is 23.5 Å². The lowest BCUT2D eigenvalue weighted by Gasteiger charge is -2.24. The van der Waals surface area contributed by atoms with Crippen molar-refractivity contribution >= 4 is 21.6 Å². The molecular weight excluding hydrogens is 362 g/mol. The van der Waals surface area contributed by atoms with Crippen LogP contribution in [-0.2, 0) is 10.0 Å². The van der Waals surface area contributed by atoms with E-state index < -0.39 is 10.0 Å². The molecule has 1 amide bonds. The maximum absolute atomic E-state index is 13.0. The van der Waals surface area contributed by atoms with Crippen LogP contribution in [0.3, 0.4) is 0 Å². The summed E-state index contributed by atoms with van der Waals surface area (Å²) in [6.45, 7) is 3.65. The highest BCUT2D eigenvalue weighted by Gasteiger charge is 2.23. The number of amides is 1. The van der Waals surface area contributed by atoms with E-state index in [0.717, 1.165) is 31.5 Å². The number of nitrogens with zero attached hydrogens (tertiary/aromatic N) is 1. The van der Waals surface area contributed by atoms with Crippen LogP contribution in [-0.4, -0.2) is 40.5 Å². The molecule has 0 aliphatic carbocycles. The molecule has 1 saturated heterocycles. The summed E-state index contributed by atoms with van der Waals surface area (Å²) in [5.74, 6) is -0.251. The van der Waals surface area contributed by atoms with E-state index >= 15 is 0 Å². The fourth-order valence-electron chi connectivity index (χ4n) is 3.09. The Balaban J connectivity index is 1.80. The molecular formula is C20H25N3O3S. The van der Waals surface area contributed by atoms with Crippen molar-refractivity contribution in [3.05, 3.63) is 59.7 Å². The number of sulfonamides is 1. The largest absolute Gasteiger partial charge is 0.348 e. The summed E-state index contributed by atoms with van der Waals surface area (Å²) < 4.78 is 27.2. The molecule has 1 fully saturated rings. The second-order valence-corrected chi connectivity index (χ2v) is 8.82. The molecule has 1 aliphatic heterocycles. The van der Waals surface area contributed by atoms with Crippen LogP contribution in [0.25, 0.3) is 0 Å². The molecule has 2 N–H and O–H groups in total. The van der Waals surface area contributed by atoms with E-state index in [4.69, 9.17) is 0 Å². The van der Waals surface area contributed by atoms with Crippen LogP contribution in [0.2, 0.25) is 0 Å². The van der Waals surface area contributed by atoms with Crippen molar-refractivity contribution in [2.45, 2.75) is 30.7 Å². The highest BCUT2D eigenvalue weighted by atomic mass is 32.2. The molecule has 1 aliphatic rings. The molecule has 0 radical (unpaired) electrons. The molecule has 1 atom stereocenters. The van der Waals surface area contributed by atoms with Crippen LogP contribution in [0.1, 0.15) is 28.8 Å². The van der Waals surface area contributed by atoms with Gasteiger partial charge in [0.2, 0.25) is 0 Å². The minimum Gasteiger partial charge on any atom is -0.348 e. The molecule has 0 unspecified atom stereocenters. The van der Waals surface area contributed by atoms with Gasteiger partial charge in [-0.05, 0) is 56.6 Å². The third-order valence-electron chi connectivity index (χ3n) is 4.78. The summed E-state index contributed by atoms with van der Waals surface area (Å²) in [6.07, 6.45) is 1.94. The lowest BCUT2D eigenvalue weighted by molar-refractivity contribution is 0.0930. The van der Waals surface area contributed by atoms with Crippen molar-refractivity contribution in [3.8, 4) is 0 Å². The second kappa shape index (κ2) is 8.10. The summed E-state index contributed by atoms with van der Waals surface area (Å²) in [5.41, 5.74) is 1.98. The normalized spacial score (nSPS) is 17.3. The molecule has 3 rings (SSSR count). The number of hydrogen-bond acceptors (Lipinski definition) is 4. The smallest absolute Gasteiger partial charge is 0.264 e. The van der Waals surface area contributed by atoms with Gasteiger partial charge >= 0.3 is 0 Å². The Morgan fingerprint density at radius 1 is 1.19 bits per heavy atom. The SMILES string of the molecule is Cc1ccc(N(C)S(=O)(=O)c2cccc(C(=O)N[C@H]3CCCNC3)c2)cc1. The zero-order valence-corrected chi connectivity index (χ0v) is 16.4. The van der Waals surface area contributed by atoms with Crippen molar-refractivity contribution in [1.82, 2.24) is 10.6 Å². The highest BCUT2D eigenvalue weighted by molar-refractivity contribution is 7.92. The average Bonchev–Trinajstić information content (AvgIpc) is 2.69. The first kappa shape index (κ1) is 19.4. The summed E-state index contributed by atoms with van der Waals surface area (Å²) in [4.78, 5) is 12.6. The number of rotatable bonds is 5. The molecule has 0 saturated carbocycles. The number of nitrogens with one attached hydrogen (secondary N) is 2. The molecule has 2 aromatic carbocycles. The second-order valence-electron chi connectivity index (χ2n) is 6.85. The predicted octanol–water partition coefficient (Wildman–Crippen LogP) is 2.30. The highest BCUT2D eigenvalue weighted by Crippen LogP contribution is 2.23. The summed E-state index contributed by atoms with van der Waals surface area (Å²) in [5, 5.41) is 6.22. The van der Waals surface area contributed by atoms with Crippen LogP contribution in [0.5, 0.6) is 0 Å². The Labute approximate surface area is 160 Å². The molecule has 27 heavy (non-hydrogen) atoms. The lowest BCUT2D eigenvalue weighted by Crippen LogP contribution is -2.45. The van der Waals surface area contributed by atoms with Gasteiger partial charge in [-0.3, -0.25) is 9.10 Å². The Morgan fingerprint density at radius 3 is 2.59 bits per heavy atom. The first-order valence-corrected chi connectivity index (χ1v) is 10.5. The summed E-state index contributed by atoms with van der Waals surface area (Å²) >= 11 is 0. The first-order chi connectivity index (χ1) is 12.9. The number of hydrogen-bond donors (Lipinski definition) is 2. The van der Waals surface area contributed by atoms with E-state index in [1.54, 1.807) is 24.3 Å². The summed E-state index contributed by atoms with van der Waals surface area (Å²) in [7, 11) is -2.24. The number of piperidine rings is 1. The van der Waals surface area contributed by atoms with E-state index in [0.29, 0.717) is 11.3 Å². The van der Waals surface area contributed by atoms with Crippen molar-refractivity contribution in [1.29, 1.82) is 0 Å². The van der Waals surface area contributed by atoms with Gasteiger partial charge in [-0.1, -0.05) is 23.8 Å². The van der Waals surface area contributed by atoms with E-state index in [2.05, 4.69) is 10.6 Å². The Hall–Kier alpha value is -2.38. The molecule has 144 valence electrons.